The molecule has 0 saturated heterocycles. The van der Waals surface area contributed by atoms with Gasteiger partial charge in [0.2, 0.25) is 5.91 Å². The predicted molar refractivity (Wildman–Crippen MR) is 87.2 cm³/mol. The zero-order valence-electron chi connectivity index (χ0n) is 13.1. The van der Waals surface area contributed by atoms with Crippen LogP contribution < -0.4 is 11.1 Å². The van der Waals surface area contributed by atoms with Crippen LogP contribution in [0.4, 0.5) is 5.69 Å². The molecule has 0 radical (unpaired) electrons. The van der Waals surface area contributed by atoms with Crippen LogP contribution in [-0.2, 0) is 16.1 Å². The maximum absolute atomic E-state index is 11.8. The molecule has 21 heavy (non-hydrogen) atoms. The Balaban J connectivity index is 2.11. The minimum Gasteiger partial charge on any atom is -0.381 e. The molecule has 4 heteroatoms. The van der Waals surface area contributed by atoms with Crippen LogP contribution in [0.1, 0.15) is 51.0 Å². The highest BCUT2D eigenvalue weighted by Gasteiger charge is 2.05. The van der Waals surface area contributed by atoms with Crippen molar-refractivity contribution in [3.63, 3.8) is 0 Å². The fourth-order valence-electron chi connectivity index (χ4n) is 2.10. The SMILES string of the molecule is CCCCCCOCCCC(=O)Nc1ccccc1CN. The number of anilines is 1. The molecule has 0 heterocycles. The molecule has 0 bridgehead atoms. The van der Waals surface area contributed by atoms with Crippen molar-refractivity contribution >= 4 is 11.6 Å². The molecule has 1 aromatic carbocycles. The van der Waals surface area contributed by atoms with Crippen LogP contribution in [0.25, 0.3) is 0 Å². The molecule has 0 atom stereocenters. The Morgan fingerprint density at radius 3 is 2.67 bits per heavy atom. The fraction of sp³-hybridized carbons (Fsp3) is 0.588. The second kappa shape index (κ2) is 11.3. The van der Waals surface area contributed by atoms with E-state index in [1.807, 2.05) is 24.3 Å². The zero-order valence-corrected chi connectivity index (χ0v) is 13.1. The number of nitrogens with one attached hydrogen (secondary N) is 1. The third-order valence-electron chi connectivity index (χ3n) is 3.35. The summed E-state index contributed by atoms with van der Waals surface area (Å²) in [4.78, 5) is 11.8. The van der Waals surface area contributed by atoms with Crippen molar-refractivity contribution in [2.45, 2.75) is 52.0 Å². The van der Waals surface area contributed by atoms with Crippen LogP contribution in [0.5, 0.6) is 0 Å². The largest absolute Gasteiger partial charge is 0.381 e. The standard InChI is InChI=1S/C17H28N2O2/c1-2-3-4-7-12-21-13-8-11-17(20)19-16-10-6-5-9-15(16)14-18/h5-6,9-10H,2-4,7-8,11-14,18H2,1H3,(H,19,20). The normalized spacial score (nSPS) is 10.6. The van der Waals surface area contributed by atoms with E-state index in [-0.39, 0.29) is 5.91 Å². The van der Waals surface area contributed by atoms with Crippen molar-refractivity contribution in [2.75, 3.05) is 18.5 Å². The van der Waals surface area contributed by atoms with Crippen molar-refractivity contribution in [1.29, 1.82) is 0 Å². The summed E-state index contributed by atoms with van der Waals surface area (Å²) >= 11 is 0. The fourth-order valence-corrected chi connectivity index (χ4v) is 2.10. The summed E-state index contributed by atoms with van der Waals surface area (Å²) in [5, 5.41) is 2.91. The van der Waals surface area contributed by atoms with Gasteiger partial charge >= 0.3 is 0 Å². The molecule has 0 saturated carbocycles. The number of nitrogens with two attached hydrogens (primary N) is 1. The number of ether oxygens (including phenoxy) is 1. The Morgan fingerprint density at radius 2 is 1.90 bits per heavy atom. The van der Waals surface area contributed by atoms with Crippen molar-refractivity contribution < 1.29 is 9.53 Å². The minimum atomic E-state index is 0.0190. The Kier molecular flexibility index (Phi) is 9.49. The van der Waals surface area contributed by atoms with Crippen LogP contribution in [0.3, 0.4) is 0 Å². The molecule has 118 valence electrons. The highest BCUT2D eigenvalue weighted by atomic mass is 16.5. The van der Waals surface area contributed by atoms with Gasteiger partial charge in [-0.15, -0.1) is 0 Å². The molecule has 0 unspecified atom stereocenters. The summed E-state index contributed by atoms with van der Waals surface area (Å²) in [5.74, 6) is 0.0190. The van der Waals surface area contributed by atoms with Crippen molar-refractivity contribution in [1.82, 2.24) is 0 Å². The summed E-state index contributed by atoms with van der Waals surface area (Å²) in [6.45, 7) is 4.08. The molecule has 1 aromatic rings. The van der Waals surface area contributed by atoms with E-state index in [1.54, 1.807) is 0 Å². The van der Waals surface area contributed by atoms with Gasteiger partial charge in [-0.2, -0.15) is 0 Å². The number of unbranched alkanes of at least 4 members (excludes halogenated alkanes) is 3. The first-order chi connectivity index (χ1) is 10.3. The maximum Gasteiger partial charge on any atom is 0.224 e. The molecular formula is C17H28N2O2. The molecule has 0 spiro atoms. The first-order valence-corrected chi connectivity index (χ1v) is 7.93. The molecule has 0 fully saturated rings. The highest BCUT2D eigenvalue weighted by molar-refractivity contribution is 5.91. The van der Waals surface area contributed by atoms with E-state index in [0.29, 0.717) is 19.6 Å². The average molecular weight is 292 g/mol. The number of hydrogen-bond acceptors (Lipinski definition) is 3. The number of carbonyl (C=O) groups is 1. The van der Waals surface area contributed by atoms with Gasteiger partial charge in [-0.25, -0.2) is 0 Å². The van der Waals surface area contributed by atoms with Gasteiger partial charge in [0.05, 0.1) is 0 Å². The molecule has 4 nitrogen and oxygen atoms in total. The van der Waals surface area contributed by atoms with Crippen LogP contribution in [0, 0.1) is 0 Å². The van der Waals surface area contributed by atoms with Crippen LogP contribution in [0.2, 0.25) is 0 Å². The van der Waals surface area contributed by atoms with E-state index in [4.69, 9.17) is 10.5 Å². The molecule has 0 aliphatic heterocycles. The molecule has 0 aromatic heterocycles. The van der Waals surface area contributed by atoms with Gasteiger partial charge in [-0.05, 0) is 24.5 Å². The molecule has 3 N–H and O–H groups in total. The minimum absolute atomic E-state index is 0.0190. The Hall–Kier alpha value is -1.39. The molecule has 0 aliphatic carbocycles. The second-order valence-corrected chi connectivity index (χ2v) is 5.19. The lowest BCUT2D eigenvalue weighted by atomic mass is 10.1. The van der Waals surface area contributed by atoms with Gasteiger partial charge in [0.1, 0.15) is 0 Å². The summed E-state index contributed by atoms with van der Waals surface area (Å²) in [6.07, 6.45) is 6.09. The zero-order chi connectivity index (χ0) is 15.3. The van der Waals surface area contributed by atoms with E-state index in [9.17, 15) is 4.79 Å². The number of rotatable bonds is 11. The lowest BCUT2D eigenvalue weighted by Crippen LogP contribution is -2.14. The second-order valence-electron chi connectivity index (χ2n) is 5.19. The number of para-hydroxylation sites is 1. The summed E-state index contributed by atoms with van der Waals surface area (Å²) in [6, 6.07) is 7.62. The lowest BCUT2D eigenvalue weighted by molar-refractivity contribution is -0.116. The molecule has 0 aliphatic rings. The maximum atomic E-state index is 11.8. The quantitative estimate of drug-likeness (QED) is 0.614. The van der Waals surface area contributed by atoms with Gasteiger partial charge in [-0.1, -0.05) is 44.4 Å². The summed E-state index contributed by atoms with van der Waals surface area (Å²) in [7, 11) is 0. The number of benzene rings is 1. The number of amides is 1. The summed E-state index contributed by atoms with van der Waals surface area (Å²) in [5.41, 5.74) is 7.41. The van der Waals surface area contributed by atoms with Gasteiger partial charge in [0, 0.05) is 31.9 Å². The van der Waals surface area contributed by atoms with Gasteiger partial charge < -0.3 is 15.8 Å². The Morgan fingerprint density at radius 1 is 1.14 bits per heavy atom. The average Bonchev–Trinajstić information content (AvgIpc) is 2.50. The van der Waals surface area contributed by atoms with Gasteiger partial charge in [0.25, 0.3) is 0 Å². The van der Waals surface area contributed by atoms with Crippen molar-refractivity contribution in [2.24, 2.45) is 5.73 Å². The highest BCUT2D eigenvalue weighted by Crippen LogP contribution is 2.14. The van der Waals surface area contributed by atoms with Crippen molar-refractivity contribution in [3.05, 3.63) is 29.8 Å². The van der Waals surface area contributed by atoms with Crippen molar-refractivity contribution in [3.8, 4) is 0 Å². The monoisotopic (exact) mass is 292 g/mol. The third-order valence-corrected chi connectivity index (χ3v) is 3.35. The van der Waals surface area contributed by atoms with E-state index in [1.165, 1.54) is 19.3 Å². The van der Waals surface area contributed by atoms with E-state index >= 15 is 0 Å². The molecule has 1 amide bonds. The first-order valence-electron chi connectivity index (χ1n) is 7.93. The van der Waals surface area contributed by atoms with Crippen LogP contribution in [-0.4, -0.2) is 19.1 Å². The molecular weight excluding hydrogens is 264 g/mol. The Labute approximate surface area is 128 Å². The third kappa shape index (κ3) is 7.83. The van der Waals surface area contributed by atoms with E-state index < -0.39 is 0 Å². The van der Waals surface area contributed by atoms with E-state index in [2.05, 4.69) is 12.2 Å². The lowest BCUT2D eigenvalue weighted by Gasteiger charge is -2.09. The number of carbonyl (C=O) groups excluding carboxylic acids is 1. The first kappa shape index (κ1) is 17.7. The van der Waals surface area contributed by atoms with Gasteiger partial charge in [-0.3, -0.25) is 4.79 Å². The van der Waals surface area contributed by atoms with Gasteiger partial charge in [0.15, 0.2) is 0 Å². The van der Waals surface area contributed by atoms with Crippen LogP contribution in [0.15, 0.2) is 24.3 Å². The summed E-state index contributed by atoms with van der Waals surface area (Å²) < 4.78 is 5.53. The topological polar surface area (TPSA) is 64.3 Å². The molecule has 1 rings (SSSR count). The predicted octanol–water partition coefficient (Wildman–Crippen LogP) is 3.46. The smallest absolute Gasteiger partial charge is 0.224 e. The van der Waals surface area contributed by atoms with Crippen LogP contribution >= 0.6 is 0 Å². The van der Waals surface area contributed by atoms with E-state index in [0.717, 1.165) is 30.7 Å². The number of hydrogen-bond donors (Lipinski definition) is 2. The Bertz CT molecular complexity index is 408.